The van der Waals surface area contributed by atoms with E-state index in [4.69, 9.17) is 4.74 Å². The number of benzene rings is 2. The van der Waals surface area contributed by atoms with E-state index in [9.17, 15) is 4.79 Å². The number of thiazole rings is 1. The molecular weight excluding hydrogens is 440 g/mol. The standard InChI is InChI=1S/C24H24N4O2S2/c1-24(2,3)19-14-32-23(26-19)28-21(29)15-31-22-17-11-7-8-12-18(17)25-20(27-22)13-30-16-9-5-4-6-10-16/h4-12,14H,13,15H2,1-3H3,(H,26,28,29). The molecule has 32 heavy (non-hydrogen) atoms. The molecule has 1 amide bonds. The van der Waals surface area contributed by atoms with Gasteiger partial charge in [0, 0.05) is 16.2 Å². The number of amides is 1. The lowest BCUT2D eigenvalue weighted by Crippen LogP contribution is -2.15. The minimum atomic E-state index is -0.116. The van der Waals surface area contributed by atoms with E-state index in [1.54, 1.807) is 0 Å². The van der Waals surface area contributed by atoms with Crippen LogP contribution in [0, 0.1) is 0 Å². The SMILES string of the molecule is CC(C)(C)c1csc(NC(=O)CSc2nc(COc3ccccc3)nc3ccccc23)n1. The fourth-order valence-electron chi connectivity index (χ4n) is 2.90. The van der Waals surface area contributed by atoms with Gasteiger partial charge in [-0.05, 0) is 18.2 Å². The van der Waals surface area contributed by atoms with Crippen molar-refractivity contribution in [3.8, 4) is 5.75 Å². The highest BCUT2D eigenvalue weighted by atomic mass is 32.2. The van der Waals surface area contributed by atoms with Crippen LogP contribution in [0.4, 0.5) is 5.13 Å². The van der Waals surface area contributed by atoms with Crippen LogP contribution in [0.5, 0.6) is 5.75 Å². The second kappa shape index (κ2) is 9.67. The number of ether oxygens (including phenoxy) is 1. The van der Waals surface area contributed by atoms with Crippen molar-refractivity contribution in [2.24, 2.45) is 0 Å². The first kappa shape index (κ1) is 22.2. The first-order valence-electron chi connectivity index (χ1n) is 10.2. The van der Waals surface area contributed by atoms with Gasteiger partial charge >= 0.3 is 0 Å². The van der Waals surface area contributed by atoms with Crippen molar-refractivity contribution in [3.63, 3.8) is 0 Å². The van der Waals surface area contributed by atoms with Crippen LogP contribution in [0.2, 0.25) is 0 Å². The Kier molecular flexibility index (Phi) is 6.72. The molecule has 0 aliphatic rings. The lowest BCUT2D eigenvalue weighted by atomic mass is 9.93. The van der Waals surface area contributed by atoms with Gasteiger partial charge in [0.2, 0.25) is 5.91 Å². The predicted molar refractivity (Wildman–Crippen MR) is 130 cm³/mol. The lowest BCUT2D eigenvalue weighted by Gasteiger charge is -2.14. The average Bonchev–Trinajstić information content (AvgIpc) is 3.26. The number of carbonyl (C=O) groups is 1. The summed E-state index contributed by atoms with van der Waals surface area (Å²) in [7, 11) is 0. The second-order valence-electron chi connectivity index (χ2n) is 8.19. The van der Waals surface area contributed by atoms with Gasteiger partial charge in [0.05, 0.1) is 17.0 Å². The lowest BCUT2D eigenvalue weighted by molar-refractivity contribution is -0.113. The van der Waals surface area contributed by atoms with Crippen LogP contribution in [-0.4, -0.2) is 26.6 Å². The smallest absolute Gasteiger partial charge is 0.236 e. The largest absolute Gasteiger partial charge is 0.486 e. The van der Waals surface area contributed by atoms with Gasteiger partial charge in [0.15, 0.2) is 11.0 Å². The number of nitrogens with zero attached hydrogens (tertiary/aromatic N) is 3. The molecule has 1 N–H and O–H groups in total. The summed E-state index contributed by atoms with van der Waals surface area (Å²) in [4.78, 5) is 26.4. The highest BCUT2D eigenvalue weighted by Crippen LogP contribution is 2.28. The maximum absolute atomic E-state index is 12.5. The minimum Gasteiger partial charge on any atom is -0.486 e. The topological polar surface area (TPSA) is 77.0 Å². The van der Waals surface area contributed by atoms with Crippen molar-refractivity contribution < 1.29 is 9.53 Å². The third kappa shape index (κ3) is 5.63. The number of hydrogen-bond donors (Lipinski definition) is 1. The Morgan fingerprint density at radius 1 is 1.03 bits per heavy atom. The number of aromatic nitrogens is 3. The van der Waals surface area contributed by atoms with Gasteiger partial charge in [0.1, 0.15) is 17.4 Å². The van der Waals surface area contributed by atoms with E-state index in [0.717, 1.165) is 27.4 Å². The zero-order valence-electron chi connectivity index (χ0n) is 18.2. The fourth-order valence-corrected chi connectivity index (χ4v) is 4.69. The van der Waals surface area contributed by atoms with E-state index in [-0.39, 0.29) is 23.7 Å². The second-order valence-corrected chi connectivity index (χ2v) is 10.0. The first-order chi connectivity index (χ1) is 15.4. The van der Waals surface area contributed by atoms with Gasteiger partial charge in [-0.15, -0.1) is 11.3 Å². The van der Waals surface area contributed by atoms with E-state index < -0.39 is 0 Å². The monoisotopic (exact) mass is 464 g/mol. The normalized spacial score (nSPS) is 11.5. The maximum Gasteiger partial charge on any atom is 0.236 e. The van der Waals surface area contributed by atoms with Crippen LogP contribution >= 0.6 is 23.1 Å². The maximum atomic E-state index is 12.5. The average molecular weight is 465 g/mol. The number of thioether (sulfide) groups is 1. The number of anilines is 1. The molecular formula is C24H24N4O2S2. The van der Waals surface area contributed by atoms with E-state index in [1.165, 1.54) is 23.1 Å². The molecule has 0 radical (unpaired) electrons. The minimum absolute atomic E-state index is 0.0493. The number of carbonyl (C=O) groups excluding carboxylic acids is 1. The molecule has 0 spiro atoms. The highest BCUT2D eigenvalue weighted by molar-refractivity contribution is 8.00. The molecule has 6 nitrogen and oxygen atoms in total. The van der Waals surface area contributed by atoms with Crippen LogP contribution < -0.4 is 10.1 Å². The van der Waals surface area contributed by atoms with Crippen molar-refractivity contribution in [3.05, 3.63) is 71.5 Å². The zero-order valence-corrected chi connectivity index (χ0v) is 19.8. The zero-order chi connectivity index (χ0) is 22.6. The summed E-state index contributed by atoms with van der Waals surface area (Å²) in [5, 5.41) is 7.17. The van der Waals surface area contributed by atoms with Gasteiger partial charge in [-0.25, -0.2) is 15.0 Å². The van der Waals surface area contributed by atoms with E-state index in [0.29, 0.717) is 11.0 Å². The van der Waals surface area contributed by atoms with Gasteiger partial charge in [-0.3, -0.25) is 4.79 Å². The number of hydrogen-bond acceptors (Lipinski definition) is 7. The molecule has 0 aliphatic carbocycles. The molecule has 0 unspecified atom stereocenters. The van der Waals surface area contributed by atoms with Crippen molar-refractivity contribution in [2.45, 2.75) is 37.8 Å². The van der Waals surface area contributed by atoms with Crippen LogP contribution in [0.25, 0.3) is 10.9 Å². The summed E-state index contributed by atoms with van der Waals surface area (Å²) >= 11 is 2.83. The molecule has 0 saturated heterocycles. The number of para-hydroxylation sites is 2. The Labute approximate surface area is 195 Å². The third-order valence-electron chi connectivity index (χ3n) is 4.58. The Hall–Kier alpha value is -2.97. The molecule has 0 atom stereocenters. The molecule has 0 bridgehead atoms. The van der Waals surface area contributed by atoms with Crippen molar-refractivity contribution in [1.82, 2.24) is 15.0 Å². The fraction of sp³-hybridized carbons (Fsp3) is 0.250. The molecule has 164 valence electrons. The molecule has 2 aromatic carbocycles. The Bertz CT molecular complexity index is 1220. The predicted octanol–water partition coefficient (Wildman–Crippen LogP) is 5.69. The van der Waals surface area contributed by atoms with Crippen LogP contribution in [-0.2, 0) is 16.8 Å². The highest BCUT2D eigenvalue weighted by Gasteiger charge is 2.18. The van der Waals surface area contributed by atoms with Crippen molar-refractivity contribution in [1.29, 1.82) is 0 Å². The molecule has 2 aromatic heterocycles. The van der Waals surface area contributed by atoms with E-state index >= 15 is 0 Å². The molecule has 0 aliphatic heterocycles. The molecule has 0 fully saturated rings. The number of rotatable bonds is 7. The molecule has 8 heteroatoms. The summed E-state index contributed by atoms with van der Waals surface area (Å²) in [5.41, 5.74) is 1.74. The molecule has 2 heterocycles. The van der Waals surface area contributed by atoms with Crippen LogP contribution in [0.1, 0.15) is 32.3 Å². The van der Waals surface area contributed by atoms with Crippen molar-refractivity contribution >= 4 is 45.0 Å². The van der Waals surface area contributed by atoms with Gasteiger partial charge in [-0.2, -0.15) is 0 Å². The van der Waals surface area contributed by atoms with Crippen molar-refractivity contribution in [2.75, 3.05) is 11.1 Å². The van der Waals surface area contributed by atoms with Gasteiger partial charge in [0.25, 0.3) is 0 Å². The number of fused-ring (bicyclic) bond motifs is 1. The van der Waals surface area contributed by atoms with Crippen LogP contribution in [0.15, 0.2) is 65.0 Å². The Morgan fingerprint density at radius 2 is 1.78 bits per heavy atom. The summed E-state index contributed by atoms with van der Waals surface area (Å²) in [6.07, 6.45) is 0. The van der Waals surface area contributed by atoms with Gasteiger partial charge < -0.3 is 10.1 Å². The number of nitrogens with one attached hydrogen (secondary N) is 1. The quantitative estimate of drug-likeness (QED) is 0.279. The first-order valence-corrected chi connectivity index (χ1v) is 12.1. The summed E-state index contributed by atoms with van der Waals surface area (Å²) in [6, 6.07) is 17.4. The molecule has 4 rings (SSSR count). The Balaban J connectivity index is 1.45. The molecule has 0 saturated carbocycles. The third-order valence-corrected chi connectivity index (χ3v) is 6.33. The van der Waals surface area contributed by atoms with E-state index in [1.807, 2.05) is 60.0 Å². The molecule has 4 aromatic rings. The summed E-state index contributed by atoms with van der Waals surface area (Å²) in [6.45, 7) is 6.55. The van der Waals surface area contributed by atoms with Gasteiger partial charge in [-0.1, -0.05) is 68.9 Å². The summed E-state index contributed by atoms with van der Waals surface area (Å²) in [5.74, 6) is 1.44. The Morgan fingerprint density at radius 3 is 2.53 bits per heavy atom. The summed E-state index contributed by atoms with van der Waals surface area (Å²) < 4.78 is 5.81. The van der Waals surface area contributed by atoms with E-state index in [2.05, 4.69) is 41.0 Å². The van der Waals surface area contributed by atoms with Crippen LogP contribution in [0.3, 0.4) is 0 Å².